The van der Waals surface area contributed by atoms with Gasteiger partial charge in [-0.3, -0.25) is 0 Å². The second-order valence-corrected chi connectivity index (χ2v) is 6.63. The number of nitrogens with zero attached hydrogens (tertiary/aromatic N) is 2. The summed E-state index contributed by atoms with van der Waals surface area (Å²) in [5.41, 5.74) is 2.22. The van der Waals surface area contributed by atoms with E-state index in [0.29, 0.717) is 5.02 Å². The first-order chi connectivity index (χ1) is 9.85. The fourth-order valence-electron chi connectivity index (χ4n) is 1.91. The number of nitrogens with one attached hydrogen (secondary N) is 1. The molecule has 5 heteroatoms. The average molecular weight is 308 g/mol. The molecule has 2 rings (SSSR count). The number of hydrogen-bond donors (Lipinski definition) is 1. The highest BCUT2D eigenvalue weighted by molar-refractivity contribution is 6.31. The molecule has 0 atom stereocenters. The van der Waals surface area contributed by atoms with Gasteiger partial charge in [0.1, 0.15) is 5.82 Å². The monoisotopic (exact) mass is 307 g/mol. The standard InChI is InChI=1S/C16H22ClN3O/c1-16(2,3)19-8-13-7-15(18-9-14(13)17)20(4)10-12-5-6-21-11-12/h5-7,9,11,19H,8,10H2,1-4H3. The fraction of sp³-hybridized carbons (Fsp3) is 0.438. The van der Waals surface area contributed by atoms with Gasteiger partial charge in [-0.15, -0.1) is 0 Å². The van der Waals surface area contributed by atoms with Crippen LogP contribution in [-0.4, -0.2) is 17.6 Å². The third-order valence-electron chi connectivity index (χ3n) is 3.12. The van der Waals surface area contributed by atoms with Crippen molar-refractivity contribution in [2.45, 2.75) is 39.4 Å². The molecule has 0 aromatic carbocycles. The van der Waals surface area contributed by atoms with Crippen LogP contribution in [0.1, 0.15) is 31.9 Å². The zero-order valence-electron chi connectivity index (χ0n) is 13.0. The number of hydrogen-bond acceptors (Lipinski definition) is 4. The number of furan rings is 1. The van der Waals surface area contributed by atoms with Gasteiger partial charge in [0.25, 0.3) is 0 Å². The van der Waals surface area contributed by atoms with Crippen LogP contribution in [0.2, 0.25) is 5.02 Å². The Hall–Kier alpha value is -1.52. The first-order valence-corrected chi connectivity index (χ1v) is 7.34. The molecule has 0 fully saturated rings. The SMILES string of the molecule is CN(Cc1ccoc1)c1cc(CNC(C)(C)C)c(Cl)cn1. The lowest BCUT2D eigenvalue weighted by molar-refractivity contribution is 0.424. The maximum Gasteiger partial charge on any atom is 0.128 e. The summed E-state index contributed by atoms with van der Waals surface area (Å²) >= 11 is 6.24. The van der Waals surface area contributed by atoms with Crippen LogP contribution in [-0.2, 0) is 13.1 Å². The minimum absolute atomic E-state index is 0.0510. The first kappa shape index (κ1) is 15.9. The fourth-order valence-corrected chi connectivity index (χ4v) is 2.08. The van der Waals surface area contributed by atoms with E-state index >= 15 is 0 Å². The largest absolute Gasteiger partial charge is 0.472 e. The van der Waals surface area contributed by atoms with Crippen molar-refractivity contribution in [1.82, 2.24) is 10.3 Å². The molecule has 0 aliphatic rings. The topological polar surface area (TPSA) is 41.3 Å². The van der Waals surface area contributed by atoms with Crippen molar-refractivity contribution >= 4 is 17.4 Å². The van der Waals surface area contributed by atoms with Crippen LogP contribution >= 0.6 is 11.6 Å². The van der Waals surface area contributed by atoms with E-state index in [9.17, 15) is 0 Å². The summed E-state index contributed by atoms with van der Waals surface area (Å²) in [5.74, 6) is 0.895. The van der Waals surface area contributed by atoms with E-state index in [-0.39, 0.29) is 5.54 Å². The van der Waals surface area contributed by atoms with Crippen molar-refractivity contribution in [3.8, 4) is 0 Å². The van der Waals surface area contributed by atoms with E-state index in [2.05, 4.69) is 36.0 Å². The molecule has 114 valence electrons. The van der Waals surface area contributed by atoms with Crippen LogP contribution in [0.5, 0.6) is 0 Å². The summed E-state index contributed by atoms with van der Waals surface area (Å²) < 4.78 is 5.09. The lowest BCUT2D eigenvalue weighted by atomic mass is 10.1. The van der Waals surface area contributed by atoms with Crippen molar-refractivity contribution in [2.24, 2.45) is 0 Å². The van der Waals surface area contributed by atoms with Crippen LogP contribution in [0, 0.1) is 0 Å². The zero-order valence-corrected chi connectivity index (χ0v) is 13.7. The summed E-state index contributed by atoms with van der Waals surface area (Å²) in [7, 11) is 2.00. The minimum Gasteiger partial charge on any atom is -0.472 e. The van der Waals surface area contributed by atoms with Crippen molar-refractivity contribution < 1.29 is 4.42 Å². The molecule has 2 heterocycles. The second-order valence-electron chi connectivity index (χ2n) is 6.23. The van der Waals surface area contributed by atoms with Gasteiger partial charge < -0.3 is 14.6 Å². The number of pyridine rings is 1. The van der Waals surface area contributed by atoms with Gasteiger partial charge in [-0.1, -0.05) is 11.6 Å². The van der Waals surface area contributed by atoms with Crippen molar-refractivity contribution in [2.75, 3.05) is 11.9 Å². The number of aromatic nitrogens is 1. The molecule has 0 bridgehead atoms. The lowest BCUT2D eigenvalue weighted by Crippen LogP contribution is -2.35. The molecule has 0 unspecified atom stereocenters. The van der Waals surface area contributed by atoms with E-state index in [1.54, 1.807) is 18.7 Å². The molecule has 0 saturated carbocycles. The van der Waals surface area contributed by atoms with Gasteiger partial charge in [0.2, 0.25) is 0 Å². The van der Waals surface area contributed by atoms with Crippen molar-refractivity contribution in [3.05, 3.63) is 47.0 Å². The first-order valence-electron chi connectivity index (χ1n) is 6.97. The van der Waals surface area contributed by atoms with Crippen LogP contribution in [0.4, 0.5) is 5.82 Å². The van der Waals surface area contributed by atoms with Gasteiger partial charge in [0, 0.05) is 37.4 Å². The molecule has 2 aromatic heterocycles. The molecular formula is C16H22ClN3O. The smallest absolute Gasteiger partial charge is 0.128 e. The number of halogens is 1. The van der Waals surface area contributed by atoms with Crippen LogP contribution < -0.4 is 10.2 Å². The maximum absolute atomic E-state index is 6.24. The molecule has 2 aromatic rings. The zero-order chi connectivity index (χ0) is 15.5. The summed E-state index contributed by atoms with van der Waals surface area (Å²) in [6.07, 6.45) is 5.13. The Labute approximate surface area is 131 Å². The third-order valence-corrected chi connectivity index (χ3v) is 3.46. The Morgan fingerprint density at radius 1 is 1.38 bits per heavy atom. The van der Waals surface area contributed by atoms with Crippen molar-refractivity contribution in [3.63, 3.8) is 0 Å². The maximum atomic E-state index is 6.24. The average Bonchev–Trinajstić information content (AvgIpc) is 2.89. The van der Waals surface area contributed by atoms with E-state index in [1.807, 2.05) is 19.2 Å². The highest BCUT2D eigenvalue weighted by atomic mass is 35.5. The van der Waals surface area contributed by atoms with E-state index in [4.69, 9.17) is 16.0 Å². The molecule has 0 aliphatic carbocycles. The number of rotatable bonds is 5. The van der Waals surface area contributed by atoms with Gasteiger partial charge in [0.15, 0.2) is 0 Å². The Kier molecular flexibility index (Phi) is 4.91. The highest BCUT2D eigenvalue weighted by Gasteiger charge is 2.12. The van der Waals surface area contributed by atoms with E-state index < -0.39 is 0 Å². The molecule has 0 radical (unpaired) electrons. The summed E-state index contributed by atoms with van der Waals surface area (Å²) in [6.45, 7) is 7.87. The van der Waals surface area contributed by atoms with Gasteiger partial charge in [-0.2, -0.15) is 0 Å². The molecule has 1 N–H and O–H groups in total. The minimum atomic E-state index is 0.0510. The van der Waals surface area contributed by atoms with Gasteiger partial charge in [-0.25, -0.2) is 4.98 Å². The predicted molar refractivity (Wildman–Crippen MR) is 86.7 cm³/mol. The molecule has 0 amide bonds. The molecule has 0 saturated heterocycles. The van der Waals surface area contributed by atoms with Crippen LogP contribution in [0.3, 0.4) is 0 Å². The quantitative estimate of drug-likeness (QED) is 0.911. The summed E-state index contributed by atoms with van der Waals surface area (Å²) in [4.78, 5) is 6.47. The Morgan fingerprint density at radius 2 is 2.14 bits per heavy atom. The molecule has 0 spiro atoms. The van der Waals surface area contributed by atoms with Gasteiger partial charge in [0.05, 0.1) is 17.5 Å². The van der Waals surface area contributed by atoms with Crippen LogP contribution in [0.15, 0.2) is 35.3 Å². The Balaban J connectivity index is 2.10. The molecule has 4 nitrogen and oxygen atoms in total. The summed E-state index contributed by atoms with van der Waals surface area (Å²) in [6, 6.07) is 3.98. The molecule has 21 heavy (non-hydrogen) atoms. The normalized spacial score (nSPS) is 11.7. The van der Waals surface area contributed by atoms with Crippen molar-refractivity contribution in [1.29, 1.82) is 0 Å². The molecular weight excluding hydrogens is 286 g/mol. The third kappa shape index (κ3) is 4.76. The van der Waals surface area contributed by atoms with Crippen LogP contribution in [0.25, 0.3) is 0 Å². The van der Waals surface area contributed by atoms with E-state index in [0.717, 1.165) is 30.0 Å². The van der Waals surface area contributed by atoms with Gasteiger partial charge >= 0.3 is 0 Å². The highest BCUT2D eigenvalue weighted by Crippen LogP contribution is 2.21. The predicted octanol–water partition coefficient (Wildman–Crippen LogP) is 3.85. The van der Waals surface area contributed by atoms with Gasteiger partial charge in [-0.05, 0) is 38.5 Å². The second kappa shape index (κ2) is 6.50. The summed E-state index contributed by atoms with van der Waals surface area (Å²) in [5, 5.41) is 4.13. The Morgan fingerprint density at radius 3 is 2.76 bits per heavy atom. The van der Waals surface area contributed by atoms with E-state index in [1.165, 1.54) is 0 Å². The lowest BCUT2D eigenvalue weighted by Gasteiger charge is -2.22. The Bertz CT molecular complexity index is 576. The number of anilines is 1. The molecule has 0 aliphatic heterocycles.